The molecule has 0 bridgehead atoms. The predicted molar refractivity (Wildman–Crippen MR) is 62.9 cm³/mol. The number of nitrogens with zero attached hydrogens (tertiary/aromatic N) is 1. The lowest BCUT2D eigenvalue weighted by Gasteiger charge is -2.39. The second-order valence-electron chi connectivity index (χ2n) is 5.14. The largest absolute Gasteiger partial charge is 0.448 e. The lowest BCUT2D eigenvalue weighted by Crippen LogP contribution is -2.38. The monoisotopic (exact) mass is 207 g/mol. The zero-order valence-corrected chi connectivity index (χ0v) is 10.3. The summed E-state index contributed by atoms with van der Waals surface area (Å²) in [5, 5.41) is 0. The van der Waals surface area contributed by atoms with Gasteiger partial charge in [0.1, 0.15) is 5.76 Å². The van der Waals surface area contributed by atoms with E-state index >= 15 is 0 Å². The van der Waals surface area contributed by atoms with E-state index in [-0.39, 0.29) is 5.54 Å². The van der Waals surface area contributed by atoms with Crippen LogP contribution >= 0.6 is 0 Å². The third-order valence-corrected chi connectivity index (χ3v) is 3.81. The van der Waals surface area contributed by atoms with Crippen LogP contribution in [-0.4, -0.2) is 11.4 Å². The highest BCUT2D eigenvalue weighted by Crippen LogP contribution is 2.42. The second kappa shape index (κ2) is 3.66. The lowest BCUT2D eigenvalue weighted by atomic mass is 9.76. The number of ether oxygens (including phenoxy) is 1. The van der Waals surface area contributed by atoms with Crippen LogP contribution in [0.4, 0.5) is 0 Å². The van der Waals surface area contributed by atoms with Crippen LogP contribution in [0.3, 0.4) is 0 Å². The average molecular weight is 207 g/mol. The van der Waals surface area contributed by atoms with Gasteiger partial charge in [0, 0.05) is 13.3 Å². The maximum absolute atomic E-state index is 5.77. The Hall–Kier alpha value is -0.790. The Morgan fingerprint density at radius 3 is 2.60 bits per heavy atom. The first kappa shape index (κ1) is 10.7. The molecule has 0 amide bonds. The molecule has 0 saturated heterocycles. The molecule has 84 valence electrons. The Morgan fingerprint density at radius 2 is 1.93 bits per heavy atom. The zero-order valence-electron chi connectivity index (χ0n) is 10.3. The molecule has 1 unspecified atom stereocenters. The maximum atomic E-state index is 5.77. The van der Waals surface area contributed by atoms with Crippen LogP contribution in [0.25, 0.3) is 0 Å². The summed E-state index contributed by atoms with van der Waals surface area (Å²) in [5.74, 6) is 2.59. The molecule has 2 rings (SSSR count). The second-order valence-corrected chi connectivity index (χ2v) is 5.14. The molecule has 0 saturated carbocycles. The van der Waals surface area contributed by atoms with Gasteiger partial charge in [-0.2, -0.15) is 0 Å². The number of hydrogen-bond donors (Lipinski definition) is 0. The van der Waals surface area contributed by atoms with Crippen LogP contribution in [0.1, 0.15) is 53.4 Å². The minimum absolute atomic E-state index is 0.0158. The van der Waals surface area contributed by atoms with Crippen LogP contribution in [-0.2, 0) is 4.74 Å². The molecule has 0 aromatic heterocycles. The molecular weight excluding hydrogens is 186 g/mol. The van der Waals surface area contributed by atoms with E-state index in [1.165, 1.54) is 30.6 Å². The van der Waals surface area contributed by atoms with E-state index in [4.69, 9.17) is 9.73 Å². The van der Waals surface area contributed by atoms with E-state index < -0.39 is 0 Å². The Labute approximate surface area is 92.4 Å². The van der Waals surface area contributed by atoms with Crippen molar-refractivity contribution in [3.63, 3.8) is 0 Å². The summed E-state index contributed by atoms with van der Waals surface area (Å²) in [7, 11) is 0. The van der Waals surface area contributed by atoms with Gasteiger partial charge in [-0.3, -0.25) is 0 Å². The van der Waals surface area contributed by atoms with Crippen LogP contribution in [0, 0.1) is 5.92 Å². The van der Waals surface area contributed by atoms with Gasteiger partial charge < -0.3 is 4.74 Å². The van der Waals surface area contributed by atoms with E-state index in [1.54, 1.807) is 0 Å². The van der Waals surface area contributed by atoms with Crippen molar-refractivity contribution in [3.05, 3.63) is 11.3 Å². The first-order chi connectivity index (χ1) is 7.04. The molecular formula is C13H21NO. The number of rotatable bonds is 1. The van der Waals surface area contributed by atoms with Gasteiger partial charge in [-0.15, -0.1) is 0 Å². The van der Waals surface area contributed by atoms with Crippen molar-refractivity contribution in [2.24, 2.45) is 10.9 Å². The van der Waals surface area contributed by atoms with Gasteiger partial charge >= 0.3 is 0 Å². The lowest BCUT2D eigenvalue weighted by molar-refractivity contribution is 0.276. The minimum Gasteiger partial charge on any atom is -0.448 e. The fourth-order valence-corrected chi connectivity index (χ4v) is 2.60. The summed E-state index contributed by atoms with van der Waals surface area (Å²) in [6.45, 7) is 8.73. The van der Waals surface area contributed by atoms with E-state index in [0.29, 0.717) is 5.92 Å². The van der Waals surface area contributed by atoms with Gasteiger partial charge in [0.2, 0.25) is 0 Å². The molecule has 1 aliphatic carbocycles. The molecule has 0 N–H and O–H groups in total. The average Bonchev–Trinajstić information content (AvgIpc) is 2.17. The van der Waals surface area contributed by atoms with Crippen LogP contribution in [0.2, 0.25) is 0 Å². The van der Waals surface area contributed by atoms with Gasteiger partial charge in [0.05, 0.1) is 5.54 Å². The summed E-state index contributed by atoms with van der Waals surface area (Å²) < 4.78 is 5.77. The Morgan fingerprint density at radius 1 is 1.27 bits per heavy atom. The number of allylic oxidation sites excluding steroid dienone is 1. The normalized spacial score (nSPS) is 31.1. The van der Waals surface area contributed by atoms with Crippen molar-refractivity contribution >= 4 is 5.90 Å². The maximum Gasteiger partial charge on any atom is 0.187 e. The smallest absolute Gasteiger partial charge is 0.187 e. The Kier molecular flexibility index (Phi) is 2.61. The molecule has 2 nitrogen and oxygen atoms in total. The van der Waals surface area contributed by atoms with Gasteiger partial charge in [-0.25, -0.2) is 4.99 Å². The molecule has 0 radical (unpaired) electrons. The van der Waals surface area contributed by atoms with Crippen LogP contribution in [0.5, 0.6) is 0 Å². The van der Waals surface area contributed by atoms with Gasteiger partial charge in [-0.1, -0.05) is 13.8 Å². The van der Waals surface area contributed by atoms with Crippen LogP contribution < -0.4 is 0 Å². The first-order valence-electron chi connectivity index (χ1n) is 6.01. The quantitative estimate of drug-likeness (QED) is 0.642. The molecule has 1 aliphatic heterocycles. The molecule has 1 atom stereocenters. The molecule has 0 fully saturated rings. The SMILES string of the molecule is CC1=NC(C)(C(C)C)C2=C(CCCC2)O1. The molecule has 2 heteroatoms. The molecule has 0 aromatic carbocycles. The Balaban J connectivity index is 2.42. The topological polar surface area (TPSA) is 21.6 Å². The highest BCUT2D eigenvalue weighted by atomic mass is 16.5. The molecule has 2 aliphatic rings. The van der Waals surface area contributed by atoms with E-state index in [2.05, 4.69) is 20.8 Å². The molecule has 0 aromatic rings. The highest BCUT2D eigenvalue weighted by molar-refractivity contribution is 5.76. The van der Waals surface area contributed by atoms with Crippen LogP contribution in [0.15, 0.2) is 16.3 Å². The number of hydrogen-bond acceptors (Lipinski definition) is 2. The standard InChI is InChI=1S/C13H21NO/c1-9(2)13(4)11-7-5-6-8-12(11)15-10(3)14-13/h9H,5-8H2,1-4H3. The zero-order chi connectivity index (χ0) is 11.1. The van der Waals surface area contributed by atoms with E-state index in [1.807, 2.05) is 6.92 Å². The first-order valence-corrected chi connectivity index (χ1v) is 6.01. The number of aliphatic imine (C=N–C) groups is 1. The van der Waals surface area contributed by atoms with E-state index in [0.717, 1.165) is 12.3 Å². The fraction of sp³-hybridized carbons (Fsp3) is 0.769. The van der Waals surface area contributed by atoms with Crippen molar-refractivity contribution in [1.82, 2.24) is 0 Å². The summed E-state index contributed by atoms with van der Waals surface area (Å²) in [4.78, 5) is 4.73. The van der Waals surface area contributed by atoms with Gasteiger partial charge in [0.25, 0.3) is 0 Å². The summed E-state index contributed by atoms with van der Waals surface area (Å²) in [6.07, 6.45) is 4.82. The Bertz CT molecular complexity index is 327. The summed E-state index contributed by atoms with van der Waals surface area (Å²) in [5.41, 5.74) is 1.44. The van der Waals surface area contributed by atoms with Gasteiger partial charge in [0.15, 0.2) is 5.90 Å². The highest BCUT2D eigenvalue weighted by Gasteiger charge is 2.38. The van der Waals surface area contributed by atoms with Gasteiger partial charge in [-0.05, 0) is 37.7 Å². The van der Waals surface area contributed by atoms with Crippen molar-refractivity contribution in [2.75, 3.05) is 0 Å². The molecule has 15 heavy (non-hydrogen) atoms. The third-order valence-electron chi connectivity index (χ3n) is 3.81. The summed E-state index contributed by atoms with van der Waals surface area (Å²) >= 11 is 0. The van der Waals surface area contributed by atoms with Crippen molar-refractivity contribution in [1.29, 1.82) is 0 Å². The van der Waals surface area contributed by atoms with Crippen molar-refractivity contribution in [2.45, 2.75) is 58.9 Å². The van der Waals surface area contributed by atoms with Crippen molar-refractivity contribution < 1.29 is 4.74 Å². The van der Waals surface area contributed by atoms with E-state index in [9.17, 15) is 0 Å². The predicted octanol–water partition coefficient (Wildman–Crippen LogP) is 3.68. The molecule has 0 spiro atoms. The fourth-order valence-electron chi connectivity index (χ4n) is 2.60. The summed E-state index contributed by atoms with van der Waals surface area (Å²) in [6, 6.07) is 0. The molecule has 1 heterocycles. The minimum atomic E-state index is -0.0158. The third kappa shape index (κ3) is 1.70. The van der Waals surface area contributed by atoms with Crippen molar-refractivity contribution in [3.8, 4) is 0 Å².